The molecule has 0 aliphatic rings. The van der Waals surface area contributed by atoms with Crippen molar-refractivity contribution in [2.45, 2.75) is 19.4 Å². The molecule has 0 saturated heterocycles. The quantitative estimate of drug-likeness (QED) is 0.845. The summed E-state index contributed by atoms with van der Waals surface area (Å²) in [5.41, 5.74) is 1.73. The van der Waals surface area contributed by atoms with Crippen LogP contribution in [0.4, 0.5) is 0 Å². The van der Waals surface area contributed by atoms with E-state index < -0.39 is 0 Å². The molecule has 0 bridgehead atoms. The second kappa shape index (κ2) is 8.19. The largest absolute Gasteiger partial charge is 0.493 e. The highest BCUT2D eigenvalue weighted by Gasteiger charge is 2.16. The lowest BCUT2D eigenvalue weighted by molar-refractivity contribution is -0.121. The molecule has 6 heteroatoms. The number of carbonyl (C=O) groups is 1. The summed E-state index contributed by atoms with van der Waals surface area (Å²) in [5.74, 6) is 1.47. The van der Waals surface area contributed by atoms with Crippen LogP contribution in [0.3, 0.4) is 0 Å². The summed E-state index contributed by atoms with van der Waals surface area (Å²) in [7, 11) is 4.64. The van der Waals surface area contributed by atoms with Gasteiger partial charge in [0.1, 0.15) is 0 Å². The lowest BCUT2D eigenvalue weighted by Crippen LogP contribution is -2.28. The summed E-state index contributed by atoms with van der Waals surface area (Å²) in [4.78, 5) is 16.4. The minimum Gasteiger partial charge on any atom is -0.493 e. The van der Waals surface area contributed by atoms with Crippen molar-refractivity contribution in [1.29, 1.82) is 0 Å². The molecule has 0 spiro atoms. The van der Waals surface area contributed by atoms with Gasteiger partial charge in [0.05, 0.1) is 33.8 Å². The average molecular weight is 330 g/mol. The zero-order chi connectivity index (χ0) is 17.5. The molecule has 1 aromatic carbocycles. The van der Waals surface area contributed by atoms with E-state index in [1.807, 2.05) is 19.1 Å². The number of carbonyl (C=O) groups excluding carboxylic acids is 1. The minimum atomic E-state index is -0.117. The van der Waals surface area contributed by atoms with Gasteiger partial charge in [-0.3, -0.25) is 9.78 Å². The zero-order valence-electron chi connectivity index (χ0n) is 14.3. The van der Waals surface area contributed by atoms with Crippen molar-refractivity contribution in [1.82, 2.24) is 10.3 Å². The summed E-state index contributed by atoms with van der Waals surface area (Å²) in [6, 6.07) is 7.20. The first-order valence-corrected chi connectivity index (χ1v) is 7.57. The summed E-state index contributed by atoms with van der Waals surface area (Å²) in [6.07, 6.45) is 3.65. The zero-order valence-corrected chi connectivity index (χ0v) is 14.3. The number of benzene rings is 1. The van der Waals surface area contributed by atoms with E-state index in [2.05, 4.69) is 10.3 Å². The summed E-state index contributed by atoms with van der Waals surface area (Å²) in [6.45, 7) is 1.92. The fraction of sp³-hybridized carbons (Fsp3) is 0.333. The Morgan fingerprint density at radius 2 is 1.83 bits per heavy atom. The van der Waals surface area contributed by atoms with Gasteiger partial charge in [0.2, 0.25) is 11.7 Å². The molecular weight excluding hydrogens is 308 g/mol. The highest BCUT2D eigenvalue weighted by molar-refractivity contribution is 5.79. The molecule has 0 aliphatic carbocycles. The van der Waals surface area contributed by atoms with E-state index in [1.165, 1.54) is 0 Å². The number of nitrogens with zero attached hydrogens (tertiary/aromatic N) is 1. The van der Waals surface area contributed by atoms with Gasteiger partial charge in [0, 0.05) is 12.4 Å². The van der Waals surface area contributed by atoms with Crippen LogP contribution in [0.5, 0.6) is 17.2 Å². The Morgan fingerprint density at radius 1 is 1.17 bits per heavy atom. The maximum absolute atomic E-state index is 12.3. The van der Waals surface area contributed by atoms with E-state index in [0.29, 0.717) is 17.2 Å². The first-order valence-electron chi connectivity index (χ1n) is 7.57. The molecule has 0 saturated carbocycles. The summed E-state index contributed by atoms with van der Waals surface area (Å²) < 4.78 is 15.9. The Balaban J connectivity index is 2.11. The molecule has 1 amide bonds. The van der Waals surface area contributed by atoms with E-state index in [0.717, 1.165) is 11.1 Å². The molecule has 6 nitrogen and oxygen atoms in total. The highest BCUT2D eigenvalue weighted by atomic mass is 16.5. The second-order valence-electron chi connectivity index (χ2n) is 5.29. The molecule has 0 fully saturated rings. The lowest BCUT2D eigenvalue weighted by atomic mass is 10.1. The molecule has 24 heavy (non-hydrogen) atoms. The normalized spacial score (nSPS) is 11.5. The Morgan fingerprint density at radius 3 is 2.33 bits per heavy atom. The number of rotatable bonds is 7. The number of hydrogen-bond acceptors (Lipinski definition) is 5. The third kappa shape index (κ3) is 4.16. The van der Waals surface area contributed by atoms with Gasteiger partial charge in [-0.05, 0) is 36.2 Å². The van der Waals surface area contributed by atoms with Crippen LogP contribution >= 0.6 is 0 Å². The molecule has 2 rings (SSSR count). The van der Waals surface area contributed by atoms with Crippen molar-refractivity contribution in [3.63, 3.8) is 0 Å². The van der Waals surface area contributed by atoms with Crippen LogP contribution in [-0.4, -0.2) is 32.2 Å². The third-order valence-corrected chi connectivity index (χ3v) is 3.65. The van der Waals surface area contributed by atoms with Crippen LogP contribution in [-0.2, 0) is 11.2 Å². The monoisotopic (exact) mass is 330 g/mol. The molecular formula is C18H22N2O4. The van der Waals surface area contributed by atoms with Crippen LogP contribution in [0, 0.1) is 0 Å². The lowest BCUT2D eigenvalue weighted by Gasteiger charge is -2.16. The molecule has 1 aromatic heterocycles. The maximum atomic E-state index is 12.3. The Bertz CT molecular complexity index is 664. The number of hydrogen-bond donors (Lipinski definition) is 1. The Kier molecular flexibility index (Phi) is 6.01. The number of ether oxygens (including phenoxy) is 3. The van der Waals surface area contributed by atoms with E-state index in [-0.39, 0.29) is 18.4 Å². The number of nitrogens with one attached hydrogen (secondary N) is 1. The van der Waals surface area contributed by atoms with Crippen molar-refractivity contribution < 1.29 is 19.0 Å². The molecule has 2 aromatic rings. The van der Waals surface area contributed by atoms with Crippen molar-refractivity contribution in [3.05, 3.63) is 47.8 Å². The number of pyridine rings is 1. The predicted octanol–water partition coefficient (Wildman–Crippen LogP) is 2.53. The molecule has 1 heterocycles. The fourth-order valence-corrected chi connectivity index (χ4v) is 2.43. The van der Waals surface area contributed by atoms with Gasteiger partial charge in [0.15, 0.2) is 11.5 Å². The van der Waals surface area contributed by atoms with Crippen LogP contribution < -0.4 is 19.5 Å². The molecule has 1 unspecified atom stereocenters. The van der Waals surface area contributed by atoms with Crippen molar-refractivity contribution in [2.24, 2.45) is 0 Å². The Hall–Kier alpha value is -2.76. The van der Waals surface area contributed by atoms with Crippen molar-refractivity contribution in [2.75, 3.05) is 21.3 Å². The van der Waals surface area contributed by atoms with Gasteiger partial charge in [-0.25, -0.2) is 0 Å². The molecule has 128 valence electrons. The van der Waals surface area contributed by atoms with Crippen LogP contribution in [0.25, 0.3) is 0 Å². The summed E-state index contributed by atoms with van der Waals surface area (Å²) in [5, 5.41) is 2.96. The molecule has 0 radical (unpaired) electrons. The SMILES string of the molecule is COc1cc(CC(=O)NC(C)c2cccnc2)cc(OC)c1OC. The van der Waals surface area contributed by atoms with Gasteiger partial charge in [-0.15, -0.1) is 0 Å². The maximum Gasteiger partial charge on any atom is 0.224 e. The van der Waals surface area contributed by atoms with E-state index in [4.69, 9.17) is 14.2 Å². The second-order valence-corrected chi connectivity index (χ2v) is 5.29. The number of amides is 1. The average Bonchev–Trinajstić information content (AvgIpc) is 2.61. The summed E-state index contributed by atoms with van der Waals surface area (Å²) >= 11 is 0. The first kappa shape index (κ1) is 17.6. The van der Waals surface area contributed by atoms with E-state index in [1.54, 1.807) is 45.9 Å². The van der Waals surface area contributed by atoms with Crippen molar-refractivity contribution >= 4 is 5.91 Å². The molecule has 0 aliphatic heterocycles. The minimum absolute atomic E-state index is 0.0966. The Labute approximate surface area is 141 Å². The van der Waals surface area contributed by atoms with Crippen LogP contribution in [0.15, 0.2) is 36.7 Å². The fourth-order valence-electron chi connectivity index (χ4n) is 2.43. The van der Waals surface area contributed by atoms with E-state index >= 15 is 0 Å². The van der Waals surface area contributed by atoms with Crippen LogP contribution in [0.1, 0.15) is 24.1 Å². The van der Waals surface area contributed by atoms with Gasteiger partial charge < -0.3 is 19.5 Å². The van der Waals surface area contributed by atoms with Gasteiger partial charge >= 0.3 is 0 Å². The number of methoxy groups -OCH3 is 3. The first-order chi connectivity index (χ1) is 11.6. The third-order valence-electron chi connectivity index (χ3n) is 3.65. The molecule has 1 N–H and O–H groups in total. The smallest absolute Gasteiger partial charge is 0.224 e. The van der Waals surface area contributed by atoms with Gasteiger partial charge in [0.25, 0.3) is 0 Å². The predicted molar refractivity (Wildman–Crippen MR) is 90.6 cm³/mol. The topological polar surface area (TPSA) is 69.7 Å². The van der Waals surface area contributed by atoms with Gasteiger partial charge in [-0.1, -0.05) is 6.07 Å². The highest BCUT2D eigenvalue weighted by Crippen LogP contribution is 2.38. The molecule has 1 atom stereocenters. The van der Waals surface area contributed by atoms with Gasteiger partial charge in [-0.2, -0.15) is 0 Å². The standard InChI is InChI=1S/C18H22N2O4/c1-12(14-6-5-7-19-11-14)20-17(21)10-13-8-15(22-2)18(24-4)16(9-13)23-3/h5-9,11-12H,10H2,1-4H3,(H,20,21). The van der Waals surface area contributed by atoms with Crippen molar-refractivity contribution in [3.8, 4) is 17.2 Å². The number of aromatic nitrogens is 1. The van der Waals surface area contributed by atoms with Crippen LogP contribution in [0.2, 0.25) is 0 Å². The van der Waals surface area contributed by atoms with E-state index in [9.17, 15) is 4.79 Å².